The molecule has 1 heterocycles. The number of hydrogen-bond donors (Lipinski definition) is 0. The Bertz CT molecular complexity index is 495. The summed E-state index contributed by atoms with van der Waals surface area (Å²) in [5.41, 5.74) is 0. The quantitative estimate of drug-likeness (QED) is 0.786. The summed E-state index contributed by atoms with van der Waals surface area (Å²) in [6.45, 7) is 2.19. The fourth-order valence-electron chi connectivity index (χ4n) is 2.35. The number of halogens is 1. The molecule has 0 aliphatic heterocycles. The van der Waals surface area contributed by atoms with E-state index in [4.69, 9.17) is 11.6 Å². The van der Waals surface area contributed by atoms with Gasteiger partial charge in [-0.1, -0.05) is 12.8 Å². The summed E-state index contributed by atoms with van der Waals surface area (Å²) in [6.07, 6.45) is 5.52. The molecule has 2 rings (SSSR count). The number of aryl methyl sites for hydroxylation is 1. The van der Waals surface area contributed by atoms with Crippen molar-refractivity contribution in [2.45, 2.75) is 42.9 Å². The van der Waals surface area contributed by atoms with Crippen LogP contribution in [0.25, 0.3) is 0 Å². The monoisotopic (exact) mass is 308 g/mol. The Labute approximate surface area is 117 Å². The Morgan fingerprint density at radius 1 is 1.50 bits per heavy atom. The van der Waals surface area contributed by atoms with Crippen LogP contribution in [0.1, 0.15) is 30.7 Å². The average Bonchev–Trinajstić information content (AvgIpc) is 2.96. The lowest BCUT2D eigenvalue weighted by Gasteiger charge is -2.26. The van der Waals surface area contributed by atoms with E-state index >= 15 is 0 Å². The lowest BCUT2D eigenvalue weighted by atomic mass is 10.2. The zero-order valence-electron chi connectivity index (χ0n) is 10.3. The first-order valence-electron chi connectivity index (χ1n) is 6.06. The first kappa shape index (κ1) is 14.2. The van der Waals surface area contributed by atoms with Crippen LogP contribution in [0.4, 0.5) is 0 Å². The highest BCUT2D eigenvalue weighted by molar-refractivity contribution is 7.91. The van der Waals surface area contributed by atoms with Crippen LogP contribution in [0.2, 0.25) is 0 Å². The number of alkyl halides is 1. The van der Waals surface area contributed by atoms with Gasteiger partial charge in [0.1, 0.15) is 0 Å². The van der Waals surface area contributed by atoms with Gasteiger partial charge < -0.3 is 0 Å². The Morgan fingerprint density at radius 2 is 2.17 bits per heavy atom. The number of rotatable bonds is 5. The Kier molecular flexibility index (Phi) is 4.64. The van der Waals surface area contributed by atoms with E-state index in [-0.39, 0.29) is 6.04 Å². The van der Waals surface area contributed by atoms with Gasteiger partial charge in [0.25, 0.3) is 10.0 Å². The van der Waals surface area contributed by atoms with Crippen LogP contribution in [0.3, 0.4) is 0 Å². The van der Waals surface area contributed by atoms with Crippen LogP contribution in [0.5, 0.6) is 0 Å². The lowest BCUT2D eigenvalue weighted by molar-refractivity contribution is 0.337. The maximum Gasteiger partial charge on any atom is 0.254 e. The van der Waals surface area contributed by atoms with Gasteiger partial charge in [-0.3, -0.25) is 0 Å². The first-order valence-corrected chi connectivity index (χ1v) is 8.85. The van der Waals surface area contributed by atoms with Gasteiger partial charge in [-0.05, 0) is 19.8 Å². The maximum absolute atomic E-state index is 12.6. The van der Waals surface area contributed by atoms with Crippen molar-refractivity contribution in [3.8, 4) is 0 Å². The highest BCUT2D eigenvalue weighted by Crippen LogP contribution is 2.30. The smallest absolute Gasteiger partial charge is 0.249 e. The van der Waals surface area contributed by atoms with E-state index in [0.717, 1.165) is 30.7 Å². The van der Waals surface area contributed by atoms with Gasteiger partial charge in [-0.2, -0.15) is 4.31 Å². The van der Waals surface area contributed by atoms with Crippen molar-refractivity contribution in [3.05, 3.63) is 11.2 Å². The van der Waals surface area contributed by atoms with E-state index in [1.54, 1.807) is 4.31 Å². The number of sulfonamides is 1. The molecule has 4 nitrogen and oxygen atoms in total. The van der Waals surface area contributed by atoms with Crippen LogP contribution in [0.15, 0.2) is 10.4 Å². The predicted octanol–water partition coefficient (Wildman–Crippen LogP) is 2.62. The maximum atomic E-state index is 12.6. The summed E-state index contributed by atoms with van der Waals surface area (Å²) in [5, 5.41) is 0.769. The predicted molar refractivity (Wildman–Crippen MR) is 73.7 cm³/mol. The molecule has 1 aromatic heterocycles. The van der Waals surface area contributed by atoms with E-state index in [9.17, 15) is 8.42 Å². The van der Waals surface area contributed by atoms with Gasteiger partial charge in [-0.25, -0.2) is 13.4 Å². The van der Waals surface area contributed by atoms with E-state index in [1.165, 1.54) is 17.5 Å². The summed E-state index contributed by atoms with van der Waals surface area (Å²) >= 11 is 6.98. The Balaban J connectivity index is 2.28. The van der Waals surface area contributed by atoms with E-state index < -0.39 is 10.0 Å². The number of thiazole rings is 1. The molecule has 1 aliphatic rings. The molecule has 0 saturated heterocycles. The second-order valence-electron chi connectivity index (χ2n) is 4.44. The second kappa shape index (κ2) is 5.86. The number of hydrogen-bond acceptors (Lipinski definition) is 4. The van der Waals surface area contributed by atoms with Crippen LogP contribution in [0, 0.1) is 6.92 Å². The molecular weight excluding hydrogens is 292 g/mol. The van der Waals surface area contributed by atoms with E-state index in [0.29, 0.717) is 16.6 Å². The SMILES string of the molecule is Cc1ncc(S(=O)(=O)N(CCCl)C2CCCC2)s1. The molecule has 0 atom stereocenters. The molecule has 0 aromatic carbocycles. The summed E-state index contributed by atoms with van der Waals surface area (Å²) < 4.78 is 27.0. The van der Waals surface area contributed by atoms with Crippen molar-refractivity contribution < 1.29 is 8.42 Å². The van der Waals surface area contributed by atoms with E-state index in [1.807, 2.05) is 6.92 Å². The van der Waals surface area contributed by atoms with Crippen LogP contribution < -0.4 is 0 Å². The van der Waals surface area contributed by atoms with Gasteiger partial charge in [0.05, 0.1) is 11.2 Å². The molecule has 102 valence electrons. The fourth-order valence-corrected chi connectivity index (χ4v) is 5.56. The topological polar surface area (TPSA) is 50.3 Å². The molecule has 0 bridgehead atoms. The standard InChI is InChI=1S/C11H17ClN2O2S2/c1-9-13-8-11(17-9)18(15,16)14(7-6-12)10-4-2-3-5-10/h8,10H,2-7H2,1H3. The summed E-state index contributed by atoms with van der Waals surface area (Å²) in [6, 6.07) is 0.108. The second-order valence-corrected chi connectivity index (χ2v) is 8.17. The largest absolute Gasteiger partial charge is 0.254 e. The van der Waals surface area contributed by atoms with Crippen molar-refractivity contribution in [3.63, 3.8) is 0 Å². The Morgan fingerprint density at radius 3 is 2.67 bits per heavy atom. The average molecular weight is 309 g/mol. The van der Waals surface area contributed by atoms with Crippen molar-refractivity contribution in [1.29, 1.82) is 0 Å². The molecule has 0 radical (unpaired) electrons. The highest BCUT2D eigenvalue weighted by Gasteiger charge is 2.33. The van der Waals surface area contributed by atoms with Crippen molar-refractivity contribution in [2.75, 3.05) is 12.4 Å². The van der Waals surface area contributed by atoms with Gasteiger partial charge >= 0.3 is 0 Å². The van der Waals surface area contributed by atoms with Crippen molar-refractivity contribution in [1.82, 2.24) is 9.29 Å². The fraction of sp³-hybridized carbons (Fsp3) is 0.727. The van der Waals surface area contributed by atoms with Crippen LogP contribution in [-0.4, -0.2) is 36.2 Å². The summed E-state index contributed by atoms with van der Waals surface area (Å²) in [5.74, 6) is 0.327. The van der Waals surface area contributed by atoms with Crippen LogP contribution in [-0.2, 0) is 10.0 Å². The van der Waals surface area contributed by atoms with Crippen LogP contribution >= 0.6 is 22.9 Å². The zero-order valence-corrected chi connectivity index (χ0v) is 12.7. The summed E-state index contributed by atoms with van der Waals surface area (Å²) in [7, 11) is -3.42. The molecule has 1 aliphatic carbocycles. The first-order chi connectivity index (χ1) is 8.55. The lowest BCUT2D eigenvalue weighted by Crippen LogP contribution is -2.39. The third-order valence-electron chi connectivity index (χ3n) is 3.20. The number of nitrogens with zero attached hydrogens (tertiary/aromatic N) is 2. The molecular formula is C11H17ClN2O2S2. The molecule has 1 aromatic rings. The minimum Gasteiger partial charge on any atom is -0.249 e. The molecule has 0 spiro atoms. The van der Waals surface area contributed by atoms with Gasteiger partial charge in [0.2, 0.25) is 0 Å². The van der Waals surface area contributed by atoms with Gasteiger partial charge in [0, 0.05) is 18.5 Å². The van der Waals surface area contributed by atoms with Gasteiger partial charge in [-0.15, -0.1) is 22.9 Å². The normalized spacial score (nSPS) is 17.7. The Hall–Kier alpha value is -0.170. The molecule has 1 fully saturated rings. The van der Waals surface area contributed by atoms with Crippen molar-refractivity contribution >= 4 is 33.0 Å². The molecule has 7 heteroatoms. The number of aromatic nitrogens is 1. The van der Waals surface area contributed by atoms with Crippen molar-refractivity contribution in [2.24, 2.45) is 0 Å². The minimum absolute atomic E-state index is 0.108. The van der Waals surface area contributed by atoms with E-state index in [2.05, 4.69) is 4.98 Å². The summed E-state index contributed by atoms with van der Waals surface area (Å²) in [4.78, 5) is 4.03. The van der Waals surface area contributed by atoms with Gasteiger partial charge in [0.15, 0.2) is 4.21 Å². The third-order valence-corrected chi connectivity index (χ3v) is 6.67. The molecule has 0 unspecified atom stereocenters. The zero-order chi connectivity index (χ0) is 13.2. The third kappa shape index (κ3) is 2.87. The molecule has 0 amide bonds. The minimum atomic E-state index is -3.42. The highest BCUT2D eigenvalue weighted by atomic mass is 35.5. The molecule has 18 heavy (non-hydrogen) atoms. The molecule has 1 saturated carbocycles. The molecule has 0 N–H and O–H groups in total.